The van der Waals surface area contributed by atoms with Gasteiger partial charge >= 0.3 is 0 Å². The molecule has 0 fully saturated rings. The molecule has 0 aliphatic carbocycles. The Balaban J connectivity index is 0. The van der Waals surface area contributed by atoms with Gasteiger partial charge in [0.25, 0.3) is 0 Å². The van der Waals surface area contributed by atoms with Gasteiger partial charge in [-0.2, -0.15) is 5.26 Å². The minimum atomic E-state index is 0.194. The molecule has 0 atom stereocenters. The number of nitrogens with zero attached hydrogens (tertiary/aromatic N) is 1. The van der Waals surface area contributed by atoms with Crippen molar-refractivity contribution in [1.29, 1.82) is 5.26 Å². The minimum Gasteiger partial charge on any atom is -0.185 e. The molecule has 0 unspecified atom stereocenters. The number of halogens is 3. The van der Waals surface area contributed by atoms with Crippen molar-refractivity contribution in [2.24, 2.45) is 0 Å². The van der Waals surface area contributed by atoms with Gasteiger partial charge in [-0.1, -0.05) is 0 Å². The Labute approximate surface area is 55.0 Å². The maximum absolute atomic E-state index is 7.24. The molecule has 4 heteroatoms. The van der Waals surface area contributed by atoms with Crippen molar-refractivity contribution in [3.05, 3.63) is 0 Å². The molecule has 0 aromatic heterocycles. The molecule has 0 aliphatic rings. The van der Waals surface area contributed by atoms with Gasteiger partial charge in [0.15, 0.2) is 0 Å². The van der Waals surface area contributed by atoms with Crippen LogP contribution in [0.3, 0.4) is 0 Å². The van der Waals surface area contributed by atoms with Crippen LogP contribution in [0.2, 0.25) is 0 Å². The van der Waals surface area contributed by atoms with Crippen LogP contribution in [0, 0.1) is 10.2 Å². The quantitative estimate of drug-likeness (QED) is 0.538. The van der Waals surface area contributed by atoms with E-state index in [1.807, 2.05) is 0 Å². The molecule has 0 amide bonds. The minimum absolute atomic E-state index is 0.194. The molecular formula is C2H2BrCl2N. The van der Waals surface area contributed by atoms with Crippen molar-refractivity contribution in [2.75, 3.05) is 5.34 Å². The standard InChI is InChI=1S/CBrN.CH2Cl2/c2*2-1-3/h;1H2. The first-order valence-corrected chi connectivity index (χ1v) is 2.81. The van der Waals surface area contributed by atoms with E-state index in [4.69, 9.17) is 28.5 Å². The summed E-state index contributed by atoms with van der Waals surface area (Å²) in [7, 11) is 0. The molecule has 6 heavy (non-hydrogen) atoms. The summed E-state index contributed by atoms with van der Waals surface area (Å²) in [5, 5.41) is 7.43. The summed E-state index contributed by atoms with van der Waals surface area (Å²) in [6.07, 6.45) is 0. The molecular weight excluding hydrogens is 189 g/mol. The summed E-state index contributed by atoms with van der Waals surface area (Å²) in [5.41, 5.74) is 0. The number of alkyl halides is 2. The van der Waals surface area contributed by atoms with E-state index in [0.29, 0.717) is 0 Å². The molecule has 0 heterocycles. The number of hydrogen-bond donors (Lipinski definition) is 0. The Morgan fingerprint density at radius 3 is 1.67 bits per heavy atom. The first kappa shape index (κ1) is 9.75. The van der Waals surface area contributed by atoms with Crippen molar-refractivity contribution in [3.63, 3.8) is 0 Å². The first-order chi connectivity index (χ1) is 2.83. The molecule has 0 saturated heterocycles. The molecule has 0 N–H and O–H groups in total. The van der Waals surface area contributed by atoms with Gasteiger partial charge in [0.2, 0.25) is 0 Å². The van der Waals surface area contributed by atoms with E-state index >= 15 is 0 Å². The third-order valence-corrected chi connectivity index (χ3v) is 0. The molecule has 1 nitrogen and oxygen atoms in total. The predicted octanol–water partition coefficient (Wildman–Crippen LogP) is 2.28. The molecule has 0 spiro atoms. The molecule has 0 rings (SSSR count). The molecule has 0 aromatic rings. The fourth-order valence-electron chi connectivity index (χ4n) is 0. The number of rotatable bonds is 0. The monoisotopic (exact) mass is 189 g/mol. The summed E-state index contributed by atoms with van der Waals surface area (Å²) in [6.45, 7) is 0. The van der Waals surface area contributed by atoms with Crippen LogP contribution in [-0.4, -0.2) is 5.34 Å². The van der Waals surface area contributed by atoms with E-state index in [1.54, 1.807) is 4.98 Å². The lowest BCUT2D eigenvalue weighted by Gasteiger charge is -1.42. The highest BCUT2D eigenvalue weighted by atomic mass is 79.9. The van der Waals surface area contributed by atoms with E-state index in [-0.39, 0.29) is 5.34 Å². The zero-order chi connectivity index (χ0) is 5.41. The Bertz CT molecular complexity index is 41.3. The van der Waals surface area contributed by atoms with E-state index in [1.165, 1.54) is 0 Å². The van der Waals surface area contributed by atoms with Crippen molar-refractivity contribution in [2.45, 2.75) is 0 Å². The molecule has 0 aliphatic heterocycles. The van der Waals surface area contributed by atoms with Crippen molar-refractivity contribution in [3.8, 4) is 4.98 Å². The number of nitriles is 1. The van der Waals surface area contributed by atoms with Crippen LogP contribution in [0.5, 0.6) is 0 Å². The van der Waals surface area contributed by atoms with Crippen molar-refractivity contribution >= 4 is 39.1 Å². The van der Waals surface area contributed by atoms with Gasteiger partial charge in [0.05, 0.1) is 5.34 Å². The SMILES string of the molecule is ClCCl.N#CBr. The second-order valence-electron chi connectivity index (χ2n) is 0.186. The lowest BCUT2D eigenvalue weighted by atomic mass is 11.8. The smallest absolute Gasteiger partial charge is 0.142 e. The van der Waals surface area contributed by atoms with Crippen LogP contribution in [0.1, 0.15) is 0 Å². The number of hydrogen-bond acceptors (Lipinski definition) is 1. The van der Waals surface area contributed by atoms with Gasteiger partial charge in [-0.25, -0.2) is 0 Å². The Morgan fingerprint density at radius 2 is 1.67 bits per heavy atom. The first-order valence-electron chi connectivity index (χ1n) is 0.947. The maximum Gasteiger partial charge on any atom is 0.142 e. The highest BCUT2D eigenvalue weighted by Gasteiger charge is 1.41. The van der Waals surface area contributed by atoms with Crippen LogP contribution >= 0.6 is 39.1 Å². The third-order valence-electron chi connectivity index (χ3n) is 0. The summed E-state index contributed by atoms with van der Waals surface area (Å²) in [6, 6.07) is 0. The molecule has 0 aromatic carbocycles. The summed E-state index contributed by atoms with van der Waals surface area (Å²) < 4.78 is 0. The normalized spacial score (nSPS) is 4.33. The van der Waals surface area contributed by atoms with Crippen LogP contribution in [-0.2, 0) is 0 Å². The third kappa shape index (κ3) is 190. The van der Waals surface area contributed by atoms with E-state index in [2.05, 4.69) is 15.9 Å². The highest BCUT2D eigenvalue weighted by molar-refractivity contribution is 9.12. The average Bonchev–Trinajstić information content (AvgIpc) is 1.39. The van der Waals surface area contributed by atoms with Gasteiger partial charge in [-0.05, 0) is 0 Å². The largest absolute Gasteiger partial charge is 0.185 e. The fraction of sp³-hybridized carbons (Fsp3) is 0.500. The lowest BCUT2D eigenvalue weighted by Crippen LogP contribution is -1.24. The van der Waals surface area contributed by atoms with Gasteiger partial charge in [-0.15, -0.1) is 23.2 Å². The van der Waals surface area contributed by atoms with Crippen LogP contribution in [0.25, 0.3) is 0 Å². The zero-order valence-corrected chi connectivity index (χ0v) is 5.89. The maximum atomic E-state index is 7.24. The molecule has 0 saturated carbocycles. The van der Waals surface area contributed by atoms with E-state index in [0.717, 1.165) is 0 Å². The Kier molecular flexibility index (Phi) is 28.7. The van der Waals surface area contributed by atoms with Crippen LogP contribution < -0.4 is 0 Å². The Hall–Kier alpha value is 0.550. The van der Waals surface area contributed by atoms with E-state index in [9.17, 15) is 0 Å². The molecule has 36 valence electrons. The van der Waals surface area contributed by atoms with Crippen LogP contribution in [0.15, 0.2) is 0 Å². The van der Waals surface area contributed by atoms with Gasteiger partial charge in [0.1, 0.15) is 4.98 Å². The average molecular weight is 191 g/mol. The topological polar surface area (TPSA) is 23.8 Å². The fourth-order valence-corrected chi connectivity index (χ4v) is 0. The molecule has 0 radical (unpaired) electrons. The van der Waals surface area contributed by atoms with Gasteiger partial charge in [0, 0.05) is 15.9 Å². The second-order valence-corrected chi connectivity index (χ2v) is 1.35. The predicted molar refractivity (Wildman–Crippen MR) is 31.1 cm³/mol. The highest BCUT2D eigenvalue weighted by Crippen LogP contribution is 1.73. The summed E-state index contributed by atoms with van der Waals surface area (Å²) >= 11 is 12.0. The molecule has 0 bridgehead atoms. The van der Waals surface area contributed by atoms with Crippen LogP contribution in [0.4, 0.5) is 0 Å². The van der Waals surface area contributed by atoms with Gasteiger partial charge < -0.3 is 0 Å². The Morgan fingerprint density at radius 1 is 1.67 bits per heavy atom. The lowest BCUT2D eigenvalue weighted by molar-refractivity contribution is 1.57. The zero-order valence-electron chi connectivity index (χ0n) is 2.79. The second kappa shape index (κ2) is 17.7. The van der Waals surface area contributed by atoms with Gasteiger partial charge in [-0.3, -0.25) is 0 Å². The van der Waals surface area contributed by atoms with Crippen molar-refractivity contribution in [1.82, 2.24) is 0 Å². The summed E-state index contributed by atoms with van der Waals surface area (Å²) in [5.74, 6) is 0. The van der Waals surface area contributed by atoms with Crippen molar-refractivity contribution < 1.29 is 0 Å². The summed E-state index contributed by atoms with van der Waals surface area (Å²) in [4.78, 5) is 1.56. The van der Waals surface area contributed by atoms with E-state index < -0.39 is 0 Å².